The molecule has 1 saturated carbocycles. The molecule has 0 bridgehead atoms. The van der Waals surface area contributed by atoms with Gasteiger partial charge < -0.3 is 5.73 Å². The fourth-order valence-electron chi connectivity index (χ4n) is 3.06. The summed E-state index contributed by atoms with van der Waals surface area (Å²) in [5.41, 5.74) is 8.15. The van der Waals surface area contributed by atoms with Crippen LogP contribution < -0.4 is 5.73 Å². The summed E-state index contributed by atoms with van der Waals surface area (Å²) in [6.07, 6.45) is 5.57. The Kier molecular flexibility index (Phi) is 3.53. The van der Waals surface area contributed by atoms with Gasteiger partial charge in [-0.25, -0.2) is 4.39 Å². The molecule has 0 aromatic heterocycles. The molecule has 0 radical (unpaired) electrons. The summed E-state index contributed by atoms with van der Waals surface area (Å²) in [4.78, 5) is 0. The first kappa shape index (κ1) is 12.6. The third kappa shape index (κ3) is 2.68. The van der Waals surface area contributed by atoms with E-state index >= 15 is 0 Å². The Morgan fingerprint density at radius 1 is 1.41 bits per heavy atom. The van der Waals surface area contributed by atoms with Crippen LogP contribution in [-0.2, 0) is 5.54 Å². The maximum atomic E-state index is 13.5. The zero-order chi connectivity index (χ0) is 12.5. The highest BCUT2D eigenvalue weighted by Crippen LogP contribution is 2.39. The van der Waals surface area contributed by atoms with Crippen molar-refractivity contribution in [2.45, 2.75) is 51.5 Å². The summed E-state index contributed by atoms with van der Waals surface area (Å²) < 4.78 is 13.5. The predicted molar refractivity (Wildman–Crippen MR) is 69.3 cm³/mol. The van der Waals surface area contributed by atoms with Gasteiger partial charge in [-0.1, -0.05) is 32.3 Å². The van der Waals surface area contributed by atoms with Crippen LogP contribution in [0.5, 0.6) is 0 Å². The van der Waals surface area contributed by atoms with Crippen molar-refractivity contribution in [3.63, 3.8) is 0 Å². The summed E-state index contributed by atoms with van der Waals surface area (Å²) in [6, 6.07) is 5.22. The molecule has 0 aliphatic heterocycles. The van der Waals surface area contributed by atoms with E-state index in [4.69, 9.17) is 5.73 Å². The van der Waals surface area contributed by atoms with Crippen LogP contribution >= 0.6 is 0 Å². The van der Waals surface area contributed by atoms with E-state index in [1.807, 2.05) is 13.0 Å². The number of rotatable bonds is 2. The number of aryl methyl sites for hydroxylation is 1. The number of nitrogens with two attached hydrogens (primary N) is 1. The van der Waals surface area contributed by atoms with Gasteiger partial charge in [0.05, 0.1) is 0 Å². The van der Waals surface area contributed by atoms with Crippen LogP contribution in [0.3, 0.4) is 0 Å². The molecule has 1 nitrogen and oxygen atoms in total. The number of hydrogen-bond donors (Lipinski definition) is 1. The van der Waals surface area contributed by atoms with Gasteiger partial charge in [0, 0.05) is 5.54 Å². The van der Waals surface area contributed by atoms with Gasteiger partial charge in [-0.05, 0) is 48.9 Å². The fraction of sp³-hybridized carbons (Fsp3) is 0.600. The van der Waals surface area contributed by atoms with Crippen LogP contribution in [0.4, 0.5) is 4.39 Å². The zero-order valence-electron chi connectivity index (χ0n) is 10.8. The van der Waals surface area contributed by atoms with Gasteiger partial charge in [0.25, 0.3) is 0 Å². The minimum absolute atomic E-state index is 0.163. The molecule has 0 spiro atoms. The van der Waals surface area contributed by atoms with Gasteiger partial charge in [0.15, 0.2) is 0 Å². The van der Waals surface area contributed by atoms with Crippen LogP contribution in [0.1, 0.15) is 50.2 Å². The van der Waals surface area contributed by atoms with Crippen LogP contribution in [-0.4, -0.2) is 0 Å². The highest BCUT2D eigenvalue weighted by atomic mass is 19.1. The Balaban J connectivity index is 2.30. The lowest BCUT2D eigenvalue weighted by molar-refractivity contribution is 0.221. The molecule has 94 valence electrons. The molecule has 2 heteroatoms. The van der Waals surface area contributed by atoms with Crippen molar-refractivity contribution in [2.75, 3.05) is 0 Å². The first-order chi connectivity index (χ1) is 8.03. The van der Waals surface area contributed by atoms with Crippen molar-refractivity contribution < 1.29 is 4.39 Å². The molecule has 2 rings (SSSR count). The molecular weight excluding hydrogens is 213 g/mol. The summed E-state index contributed by atoms with van der Waals surface area (Å²) in [5, 5.41) is 0. The average molecular weight is 235 g/mol. The van der Waals surface area contributed by atoms with Crippen molar-refractivity contribution >= 4 is 0 Å². The molecule has 0 saturated heterocycles. The molecule has 1 aliphatic carbocycles. The molecular formula is C15H22FN. The van der Waals surface area contributed by atoms with E-state index in [0.29, 0.717) is 5.92 Å². The van der Waals surface area contributed by atoms with E-state index in [1.165, 1.54) is 12.8 Å². The van der Waals surface area contributed by atoms with E-state index in [1.54, 1.807) is 12.1 Å². The maximum absolute atomic E-state index is 13.5. The summed E-state index contributed by atoms with van der Waals surface area (Å²) in [7, 11) is 0. The van der Waals surface area contributed by atoms with Gasteiger partial charge in [0.2, 0.25) is 0 Å². The van der Waals surface area contributed by atoms with Gasteiger partial charge >= 0.3 is 0 Å². The first-order valence-electron chi connectivity index (χ1n) is 6.60. The van der Waals surface area contributed by atoms with Crippen LogP contribution in [0.2, 0.25) is 0 Å². The third-order valence-electron chi connectivity index (χ3n) is 4.08. The van der Waals surface area contributed by atoms with Crippen LogP contribution in [0, 0.1) is 18.7 Å². The van der Waals surface area contributed by atoms with Gasteiger partial charge in [-0.15, -0.1) is 0 Å². The van der Waals surface area contributed by atoms with Gasteiger partial charge in [0.1, 0.15) is 5.82 Å². The number of benzene rings is 1. The topological polar surface area (TPSA) is 26.0 Å². The van der Waals surface area contributed by atoms with Crippen molar-refractivity contribution in [3.8, 4) is 0 Å². The second-order valence-corrected chi connectivity index (χ2v) is 5.54. The number of hydrogen-bond acceptors (Lipinski definition) is 1. The lowest BCUT2D eigenvalue weighted by Crippen LogP contribution is -2.41. The van der Waals surface area contributed by atoms with Crippen molar-refractivity contribution in [1.29, 1.82) is 0 Å². The Hall–Kier alpha value is -0.890. The number of halogens is 1. The Morgan fingerprint density at radius 3 is 2.82 bits per heavy atom. The van der Waals surface area contributed by atoms with Crippen molar-refractivity contribution in [2.24, 2.45) is 11.7 Å². The average Bonchev–Trinajstić information content (AvgIpc) is 2.28. The molecule has 1 aromatic rings. The minimum Gasteiger partial charge on any atom is -0.321 e. The summed E-state index contributed by atoms with van der Waals surface area (Å²) in [6.45, 7) is 4.14. The standard InChI is InChI=1S/C15H22FN/c1-3-12-5-4-6-15(17,10-12)13-7-11(2)8-14(16)9-13/h7-9,12H,3-6,10,17H2,1-2H3. The SMILES string of the molecule is CCC1CCCC(N)(c2cc(C)cc(F)c2)C1. The zero-order valence-corrected chi connectivity index (χ0v) is 10.8. The largest absolute Gasteiger partial charge is 0.321 e. The quantitative estimate of drug-likeness (QED) is 0.827. The second-order valence-electron chi connectivity index (χ2n) is 5.54. The highest BCUT2D eigenvalue weighted by molar-refractivity contribution is 5.30. The molecule has 0 amide bonds. The lowest BCUT2D eigenvalue weighted by Gasteiger charge is -2.38. The first-order valence-corrected chi connectivity index (χ1v) is 6.60. The molecule has 1 aromatic carbocycles. The molecule has 2 atom stereocenters. The minimum atomic E-state index is -0.314. The monoisotopic (exact) mass is 235 g/mol. The van der Waals surface area contributed by atoms with Crippen molar-refractivity contribution in [3.05, 3.63) is 35.1 Å². The third-order valence-corrected chi connectivity index (χ3v) is 4.08. The summed E-state index contributed by atoms with van der Waals surface area (Å²) in [5.74, 6) is 0.528. The lowest BCUT2D eigenvalue weighted by atomic mass is 9.71. The van der Waals surface area contributed by atoms with Gasteiger partial charge in [-0.3, -0.25) is 0 Å². The normalized spacial score (nSPS) is 29.3. The second kappa shape index (κ2) is 4.77. The Labute approximate surface area is 103 Å². The highest BCUT2D eigenvalue weighted by Gasteiger charge is 2.33. The Morgan fingerprint density at radius 2 is 2.18 bits per heavy atom. The van der Waals surface area contributed by atoms with Crippen LogP contribution in [0.25, 0.3) is 0 Å². The predicted octanol–water partition coefficient (Wildman–Crippen LogP) is 3.89. The fourth-order valence-corrected chi connectivity index (χ4v) is 3.06. The van der Waals surface area contributed by atoms with E-state index < -0.39 is 0 Å². The molecule has 17 heavy (non-hydrogen) atoms. The molecule has 0 heterocycles. The maximum Gasteiger partial charge on any atom is 0.123 e. The van der Waals surface area contributed by atoms with E-state index in [2.05, 4.69) is 6.92 Å². The van der Waals surface area contributed by atoms with Gasteiger partial charge in [-0.2, -0.15) is 0 Å². The Bertz CT molecular complexity index is 382. The molecule has 1 fully saturated rings. The molecule has 2 unspecified atom stereocenters. The molecule has 1 aliphatic rings. The summed E-state index contributed by atoms with van der Waals surface area (Å²) >= 11 is 0. The van der Waals surface area contributed by atoms with E-state index in [-0.39, 0.29) is 11.4 Å². The van der Waals surface area contributed by atoms with E-state index in [9.17, 15) is 4.39 Å². The van der Waals surface area contributed by atoms with Crippen molar-refractivity contribution in [1.82, 2.24) is 0 Å². The molecule has 2 N–H and O–H groups in total. The smallest absolute Gasteiger partial charge is 0.123 e. The van der Waals surface area contributed by atoms with Crippen LogP contribution in [0.15, 0.2) is 18.2 Å². The van der Waals surface area contributed by atoms with E-state index in [0.717, 1.165) is 30.4 Å².